The van der Waals surface area contributed by atoms with Crippen molar-refractivity contribution in [3.05, 3.63) is 23.4 Å². The number of aryl methyl sites for hydroxylation is 2. The number of hydrogen-bond acceptors (Lipinski definition) is 4. The minimum Gasteiger partial charge on any atom is -0.370 e. The van der Waals surface area contributed by atoms with E-state index in [1.165, 1.54) is 12.0 Å². The van der Waals surface area contributed by atoms with Gasteiger partial charge in [-0.05, 0) is 50.2 Å². The highest BCUT2D eigenvalue weighted by molar-refractivity contribution is 5.77. The van der Waals surface area contributed by atoms with Gasteiger partial charge >= 0.3 is 0 Å². The van der Waals surface area contributed by atoms with Gasteiger partial charge in [0.2, 0.25) is 5.91 Å². The summed E-state index contributed by atoms with van der Waals surface area (Å²) < 4.78 is 0. The van der Waals surface area contributed by atoms with Gasteiger partial charge < -0.3 is 16.0 Å². The number of amides is 1. The highest BCUT2D eigenvalue weighted by Crippen LogP contribution is 2.24. The van der Waals surface area contributed by atoms with Crippen LogP contribution >= 0.6 is 0 Å². The molecule has 0 spiro atoms. The molecule has 0 aliphatic carbocycles. The summed E-state index contributed by atoms with van der Waals surface area (Å²) >= 11 is 0. The van der Waals surface area contributed by atoms with E-state index in [-0.39, 0.29) is 11.9 Å². The maximum Gasteiger partial charge on any atom is 0.224 e. The normalized spacial score (nSPS) is 19.1. The zero-order valence-corrected chi connectivity index (χ0v) is 13.3. The molecule has 0 bridgehead atoms. The molecule has 0 radical (unpaired) electrons. The molecule has 5 heteroatoms. The first-order chi connectivity index (χ1) is 10.6. The molecule has 1 saturated heterocycles. The molecule has 1 fully saturated rings. The molecule has 2 aliphatic heterocycles. The van der Waals surface area contributed by atoms with Crippen LogP contribution in [0, 0.1) is 5.92 Å². The number of nitrogens with two attached hydrogens (primary N) is 1. The summed E-state index contributed by atoms with van der Waals surface area (Å²) in [6.45, 7) is 4.68. The molecule has 3 rings (SSSR count). The van der Waals surface area contributed by atoms with Gasteiger partial charge in [-0.1, -0.05) is 6.07 Å². The van der Waals surface area contributed by atoms with Crippen molar-refractivity contribution in [2.24, 2.45) is 11.7 Å². The number of hydrogen-bond donors (Lipinski definition) is 2. The number of nitrogens with zero attached hydrogens (tertiary/aromatic N) is 2. The van der Waals surface area contributed by atoms with Gasteiger partial charge in [-0.2, -0.15) is 0 Å². The lowest BCUT2D eigenvalue weighted by atomic mass is 9.93. The number of rotatable bonds is 5. The summed E-state index contributed by atoms with van der Waals surface area (Å²) in [7, 11) is 0. The summed E-state index contributed by atoms with van der Waals surface area (Å²) in [5.41, 5.74) is 8.17. The van der Waals surface area contributed by atoms with Crippen molar-refractivity contribution in [3.63, 3.8) is 0 Å². The van der Waals surface area contributed by atoms with Gasteiger partial charge in [0.05, 0.1) is 0 Å². The minimum absolute atomic E-state index is 0.0428. The molecule has 2 aliphatic rings. The first-order valence-corrected chi connectivity index (χ1v) is 8.38. The van der Waals surface area contributed by atoms with Crippen molar-refractivity contribution in [2.75, 3.05) is 25.0 Å². The molecule has 0 unspecified atom stereocenters. The molecular formula is C17H26N4O. The van der Waals surface area contributed by atoms with Crippen molar-refractivity contribution >= 4 is 11.7 Å². The molecule has 22 heavy (non-hydrogen) atoms. The van der Waals surface area contributed by atoms with Crippen LogP contribution in [-0.4, -0.2) is 41.5 Å². The lowest BCUT2D eigenvalue weighted by molar-refractivity contribution is -0.137. The van der Waals surface area contributed by atoms with Crippen LogP contribution in [0.1, 0.15) is 37.4 Å². The van der Waals surface area contributed by atoms with E-state index in [0.717, 1.165) is 50.4 Å². The van der Waals surface area contributed by atoms with Gasteiger partial charge in [0.25, 0.3) is 0 Å². The topological polar surface area (TPSA) is 71.2 Å². The largest absolute Gasteiger partial charge is 0.370 e. The standard InChI is InChI=1S/C17H26N4O/c1-12(18)9-16(22)21-10-13(11-21)4-6-15-7-5-14-3-2-8-19-17(14)20-15/h5,7,12-13H,2-4,6,8-11,18H2,1H3,(H,19,20)/t12-/m1/s1. The third kappa shape index (κ3) is 3.58. The monoisotopic (exact) mass is 302 g/mol. The first-order valence-electron chi connectivity index (χ1n) is 8.38. The Bertz CT molecular complexity index is 537. The Labute approximate surface area is 132 Å². The third-order valence-electron chi connectivity index (χ3n) is 4.57. The van der Waals surface area contributed by atoms with Crippen molar-refractivity contribution < 1.29 is 4.79 Å². The SMILES string of the molecule is C[C@@H](N)CC(=O)N1CC(CCc2ccc3c(n2)NCCC3)C1. The summed E-state index contributed by atoms with van der Waals surface area (Å²) in [4.78, 5) is 18.5. The molecule has 1 atom stereocenters. The molecule has 3 N–H and O–H groups in total. The third-order valence-corrected chi connectivity index (χ3v) is 4.57. The van der Waals surface area contributed by atoms with E-state index < -0.39 is 0 Å². The lowest BCUT2D eigenvalue weighted by Gasteiger charge is -2.39. The summed E-state index contributed by atoms with van der Waals surface area (Å²) in [6, 6.07) is 4.32. The van der Waals surface area contributed by atoms with Crippen LogP contribution in [0.5, 0.6) is 0 Å². The molecule has 1 aromatic rings. The van der Waals surface area contributed by atoms with Gasteiger partial charge in [-0.15, -0.1) is 0 Å². The highest BCUT2D eigenvalue weighted by Gasteiger charge is 2.30. The van der Waals surface area contributed by atoms with Crippen LogP contribution in [0.2, 0.25) is 0 Å². The van der Waals surface area contributed by atoms with Crippen LogP contribution in [0.4, 0.5) is 5.82 Å². The quantitative estimate of drug-likeness (QED) is 0.866. The van der Waals surface area contributed by atoms with Gasteiger partial charge in [0, 0.05) is 37.8 Å². The second-order valence-corrected chi connectivity index (χ2v) is 6.73. The van der Waals surface area contributed by atoms with Gasteiger partial charge in [0.1, 0.15) is 5.82 Å². The van der Waals surface area contributed by atoms with Crippen LogP contribution in [0.3, 0.4) is 0 Å². The maximum absolute atomic E-state index is 11.8. The van der Waals surface area contributed by atoms with Gasteiger partial charge in [-0.25, -0.2) is 4.98 Å². The van der Waals surface area contributed by atoms with E-state index >= 15 is 0 Å². The van der Waals surface area contributed by atoms with E-state index in [4.69, 9.17) is 10.7 Å². The van der Waals surface area contributed by atoms with Crippen molar-refractivity contribution in [1.82, 2.24) is 9.88 Å². The second-order valence-electron chi connectivity index (χ2n) is 6.73. The van der Waals surface area contributed by atoms with E-state index in [0.29, 0.717) is 12.3 Å². The number of fused-ring (bicyclic) bond motifs is 1. The first kappa shape index (κ1) is 15.3. The lowest BCUT2D eigenvalue weighted by Crippen LogP contribution is -2.51. The summed E-state index contributed by atoms with van der Waals surface area (Å²) in [5, 5.41) is 3.38. The van der Waals surface area contributed by atoms with E-state index in [1.807, 2.05) is 11.8 Å². The fourth-order valence-corrected chi connectivity index (χ4v) is 3.22. The predicted octanol–water partition coefficient (Wildman–Crippen LogP) is 1.57. The zero-order chi connectivity index (χ0) is 15.5. The fourth-order valence-electron chi connectivity index (χ4n) is 3.22. The smallest absolute Gasteiger partial charge is 0.224 e. The Morgan fingerprint density at radius 3 is 3.09 bits per heavy atom. The molecule has 0 saturated carbocycles. The minimum atomic E-state index is -0.0428. The predicted molar refractivity (Wildman–Crippen MR) is 87.7 cm³/mol. The highest BCUT2D eigenvalue weighted by atomic mass is 16.2. The molecule has 120 valence electrons. The number of carbonyl (C=O) groups is 1. The number of carbonyl (C=O) groups excluding carboxylic acids is 1. The van der Waals surface area contributed by atoms with Crippen LogP contribution in [-0.2, 0) is 17.6 Å². The molecule has 1 amide bonds. The Balaban J connectivity index is 1.44. The van der Waals surface area contributed by atoms with Crippen molar-refractivity contribution in [2.45, 2.75) is 45.1 Å². The van der Waals surface area contributed by atoms with Crippen LogP contribution < -0.4 is 11.1 Å². The zero-order valence-electron chi connectivity index (χ0n) is 13.3. The van der Waals surface area contributed by atoms with Gasteiger partial charge in [-0.3, -0.25) is 4.79 Å². The molecule has 0 aromatic carbocycles. The van der Waals surface area contributed by atoms with Crippen LogP contribution in [0.15, 0.2) is 12.1 Å². The average molecular weight is 302 g/mol. The summed E-state index contributed by atoms with van der Waals surface area (Å²) in [5.74, 6) is 1.89. The molecule has 5 nitrogen and oxygen atoms in total. The van der Waals surface area contributed by atoms with Crippen molar-refractivity contribution in [3.8, 4) is 0 Å². The number of aromatic nitrogens is 1. The Morgan fingerprint density at radius 2 is 2.32 bits per heavy atom. The summed E-state index contributed by atoms with van der Waals surface area (Å²) in [6.07, 6.45) is 4.89. The molecule has 1 aromatic heterocycles. The van der Waals surface area contributed by atoms with Gasteiger partial charge in [0.15, 0.2) is 0 Å². The number of likely N-dealkylation sites (tertiary alicyclic amines) is 1. The van der Waals surface area contributed by atoms with E-state index in [2.05, 4.69) is 17.4 Å². The van der Waals surface area contributed by atoms with Crippen LogP contribution in [0.25, 0.3) is 0 Å². The van der Waals surface area contributed by atoms with Crippen molar-refractivity contribution in [1.29, 1.82) is 0 Å². The molecular weight excluding hydrogens is 276 g/mol. The number of nitrogens with one attached hydrogen (secondary N) is 1. The molecule has 3 heterocycles. The second kappa shape index (κ2) is 6.65. The number of anilines is 1. The maximum atomic E-state index is 11.8. The Morgan fingerprint density at radius 1 is 1.50 bits per heavy atom. The van der Waals surface area contributed by atoms with E-state index in [9.17, 15) is 4.79 Å². The Kier molecular flexibility index (Phi) is 4.62. The van der Waals surface area contributed by atoms with E-state index in [1.54, 1.807) is 0 Å². The fraction of sp³-hybridized carbons (Fsp3) is 0.647. The Hall–Kier alpha value is -1.62. The number of pyridine rings is 1. The average Bonchev–Trinajstić information content (AvgIpc) is 2.44.